The van der Waals surface area contributed by atoms with E-state index in [1.807, 2.05) is 60.0 Å². The van der Waals surface area contributed by atoms with E-state index in [9.17, 15) is 9.59 Å². The molecule has 0 bridgehead atoms. The van der Waals surface area contributed by atoms with Gasteiger partial charge in [-0.15, -0.1) is 11.3 Å². The predicted octanol–water partition coefficient (Wildman–Crippen LogP) is 5.20. The maximum Gasteiger partial charge on any atom is 0.277 e. The Bertz CT molecular complexity index is 1530. The molecule has 2 aliphatic rings. The molecule has 1 aliphatic carbocycles. The Hall–Kier alpha value is -4.04. The van der Waals surface area contributed by atoms with Gasteiger partial charge in [-0.3, -0.25) is 14.7 Å². The summed E-state index contributed by atoms with van der Waals surface area (Å²) in [5.74, 6) is 1.39. The third-order valence-corrected chi connectivity index (χ3v) is 8.02. The van der Waals surface area contributed by atoms with Gasteiger partial charge in [0.1, 0.15) is 5.82 Å². The highest BCUT2D eigenvalue weighted by atomic mass is 32.1. The lowest BCUT2D eigenvalue weighted by Crippen LogP contribution is -2.31. The first-order valence-corrected chi connectivity index (χ1v) is 12.7. The van der Waals surface area contributed by atoms with Crippen LogP contribution in [0.1, 0.15) is 40.7 Å². The lowest BCUT2D eigenvalue weighted by molar-refractivity contribution is -0.116. The number of fused-ring (bicyclic) bond motifs is 1. The molecule has 2 atom stereocenters. The fourth-order valence-electron chi connectivity index (χ4n) is 5.34. The SMILES string of the molecule is COc1ccc([C@H]2C3=C(C[C@H](c4cccs4)CC3=O)Nc3[nH]n(-c4ccccc4)c(=O)c32)cc1OC. The summed E-state index contributed by atoms with van der Waals surface area (Å²) in [6.07, 6.45) is 1.11. The number of aromatic nitrogens is 2. The highest BCUT2D eigenvalue weighted by Crippen LogP contribution is 2.48. The number of H-pyrrole nitrogens is 1. The normalized spacial score (nSPS) is 18.9. The van der Waals surface area contributed by atoms with E-state index >= 15 is 0 Å². The molecule has 0 saturated carbocycles. The Morgan fingerprint density at radius 3 is 2.47 bits per heavy atom. The van der Waals surface area contributed by atoms with Crippen LogP contribution in [0.15, 0.2) is 82.1 Å². The van der Waals surface area contributed by atoms with Crippen LogP contribution in [-0.4, -0.2) is 29.8 Å². The summed E-state index contributed by atoms with van der Waals surface area (Å²) in [4.78, 5) is 28.7. The Balaban J connectivity index is 1.54. The fourth-order valence-corrected chi connectivity index (χ4v) is 6.17. The number of anilines is 1. The third-order valence-electron chi connectivity index (χ3n) is 6.99. The molecule has 182 valence electrons. The number of para-hydroxylation sites is 1. The van der Waals surface area contributed by atoms with Crippen molar-refractivity contribution in [1.82, 2.24) is 9.78 Å². The van der Waals surface area contributed by atoms with Crippen molar-refractivity contribution in [3.05, 3.63) is 104 Å². The topological polar surface area (TPSA) is 85.4 Å². The summed E-state index contributed by atoms with van der Waals surface area (Å²) in [6.45, 7) is 0. The minimum atomic E-state index is -0.526. The number of ketones is 1. The van der Waals surface area contributed by atoms with Crippen LogP contribution in [0.25, 0.3) is 5.69 Å². The van der Waals surface area contributed by atoms with E-state index in [2.05, 4.69) is 16.5 Å². The Kier molecular flexibility index (Phi) is 5.53. The molecular formula is C28H25N3O4S. The number of nitrogens with zero attached hydrogens (tertiary/aromatic N) is 1. The van der Waals surface area contributed by atoms with Crippen molar-refractivity contribution in [3.63, 3.8) is 0 Å². The van der Waals surface area contributed by atoms with Crippen LogP contribution >= 0.6 is 11.3 Å². The molecule has 0 radical (unpaired) electrons. The van der Waals surface area contributed by atoms with Gasteiger partial charge in [0.15, 0.2) is 17.3 Å². The van der Waals surface area contributed by atoms with Crippen LogP contribution in [0.5, 0.6) is 11.5 Å². The molecule has 2 aromatic carbocycles. The number of benzene rings is 2. The number of rotatable bonds is 5. The standard InChI is InChI=1S/C28H25N3O4S/c1-34-21-11-10-16(15-22(21)35-2)24-25-19(13-17(14-20(25)32)23-9-6-12-36-23)29-27-26(24)28(33)31(30-27)18-7-4-3-5-8-18/h3-12,15,17,24,29-30H,13-14H2,1-2H3/t17-,24-/m0/s1. The van der Waals surface area contributed by atoms with E-state index in [1.54, 1.807) is 25.6 Å². The second kappa shape index (κ2) is 8.87. The summed E-state index contributed by atoms with van der Waals surface area (Å²) in [5, 5.41) is 8.74. The second-order valence-electron chi connectivity index (χ2n) is 8.99. The molecule has 8 heteroatoms. The molecule has 2 N–H and O–H groups in total. The number of allylic oxidation sites excluding steroid dienone is 2. The first-order valence-electron chi connectivity index (χ1n) is 11.8. The zero-order valence-corrected chi connectivity index (χ0v) is 20.7. The number of ether oxygens (including phenoxy) is 2. The Morgan fingerprint density at radius 2 is 1.75 bits per heavy atom. The lowest BCUT2D eigenvalue weighted by Gasteiger charge is -2.34. The molecule has 0 amide bonds. The zero-order valence-electron chi connectivity index (χ0n) is 19.9. The first kappa shape index (κ1) is 22.4. The van der Waals surface area contributed by atoms with Gasteiger partial charge in [0, 0.05) is 34.4 Å². The van der Waals surface area contributed by atoms with Gasteiger partial charge < -0.3 is 14.8 Å². The molecule has 6 rings (SSSR count). The molecule has 1 aliphatic heterocycles. The van der Waals surface area contributed by atoms with Crippen molar-refractivity contribution in [2.24, 2.45) is 0 Å². The van der Waals surface area contributed by atoms with E-state index in [1.165, 1.54) is 9.56 Å². The Labute approximate surface area is 212 Å². The van der Waals surface area contributed by atoms with Crippen LogP contribution in [0, 0.1) is 0 Å². The molecule has 0 spiro atoms. The van der Waals surface area contributed by atoms with Gasteiger partial charge in [-0.25, -0.2) is 4.68 Å². The second-order valence-corrected chi connectivity index (χ2v) is 9.96. The van der Waals surface area contributed by atoms with Crippen LogP contribution in [-0.2, 0) is 4.79 Å². The average molecular weight is 500 g/mol. The van der Waals surface area contributed by atoms with E-state index in [4.69, 9.17) is 9.47 Å². The van der Waals surface area contributed by atoms with Crippen molar-refractivity contribution in [2.75, 3.05) is 19.5 Å². The molecule has 7 nitrogen and oxygen atoms in total. The summed E-state index contributed by atoms with van der Waals surface area (Å²) in [6, 6.07) is 19.1. The number of methoxy groups -OCH3 is 2. The largest absolute Gasteiger partial charge is 0.493 e. The van der Waals surface area contributed by atoms with E-state index in [0.29, 0.717) is 41.3 Å². The maximum atomic E-state index is 13.8. The smallest absolute Gasteiger partial charge is 0.277 e. The van der Waals surface area contributed by atoms with Gasteiger partial charge in [-0.05, 0) is 47.7 Å². The number of hydrogen-bond donors (Lipinski definition) is 2. The summed E-state index contributed by atoms with van der Waals surface area (Å²) in [5.41, 5.74) is 3.38. The first-order chi connectivity index (χ1) is 17.6. The average Bonchev–Trinajstić information content (AvgIpc) is 3.56. The Morgan fingerprint density at radius 1 is 0.944 bits per heavy atom. The number of nitrogens with one attached hydrogen (secondary N) is 2. The van der Waals surface area contributed by atoms with Crippen molar-refractivity contribution in [3.8, 4) is 17.2 Å². The monoisotopic (exact) mass is 499 g/mol. The number of thiophene rings is 1. The van der Waals surface area contributed by atoms with E-state index in [0.717, 1.165) is 16.9 Å². The molecule has 4 aromatic rings. The lowest BCUT2D eigenvalue weighted by atomic mass is 9.74. The summed E-state index contributed by atoms with van der Waals surface area (Å²) < 4.78 is 12.5. The fraction of sp³-hybridized carbons (Fsp3) is 0.214. The predicted molar refractivity (Wildman–Crippen MR) is 140 cm³/mol. The van der Waals surface area contributed by atoms with Gasteiger partial charge in [0.2, 0.25) is 0 Å². The van der Waals surface area contributed by atoms with Crippen LogP contribution in [0.2, 0.25) is 0 Å². The van der Waals surface area contributed by atoms with Crippen LogP contribution in [0.3, 0.4) is 0 Å². The molecule has 2 aromatic heterocycles. The highest BCUT2D eigenvalue weighted by Gasteiger charge is 2.41. The molecule has 0 unspecified atom stereocenters. The van der Waals surface area contributed by atoms with Crippen LogP contribution < -0.4 is 20.3 Å². The molecule has 0 saturated heterocycles. The number of carbonyl (C=O) groups excluding carboxylic acids is 1. The minimum Gasteiger partial charge on any atom is -0.493 e. The van der Waals surface area contributed by atoms with Gasteiger partial charge in [0.25, 0.3) is 5.56 Å². The summed E-state index contributed by atoms with van der Waals surface area (Å²) >= 11 is 1.67. The number of carbonyl (C=O) groups is 1. The van der Waals surface area contributed by atoms with Crippen molar-refractivity contribution >= 4 is 22.9 Å². The quantitative estimate of drug-likeness (QED) is 0.394. The molecular weight excluding hydrogens is 474 g/mol. The maximum absolute atomic E-state index is 13.8. The highest BCUT2D eigenvalue weighted by molar-refractivity contribution is 7.10. The van der Waals surface area contributed by atoms with Gasteiger partial charge in [-0.1, -0.05) is 30.3 Å². The van der Waals surface area contributed by atoms with E-state index < -0.39 is 5.92 Å². The summed E-state index contributed by atoms with van der Waals surface area (Å²) in [7, 11) is 3.16. The third kappa shape index (κ3) is 3.56. The van der Waals surface area contributed by atoms with Gasteiger partial charge in [0.05, 0.1) is 25.5 Å². The minimum absolute atomic E-state index is 0.0550. The van der Waals surface area contributed by atoms with Crippen LogP contribution in [0.4, 0.5) is 5.82 Å². The zero-order chi connectivity index (χ0) is 24.8. The van der Waals surface area contributed by atoms with Gasteiger partial charge in [-0.2, -0.15) is 0 Å². The molecule has 36 heavy (non-hydrogen) atoms. The van der Waals surface area contributed by atoms with Gasteiger partial charge >= 0.3 is 0 Å². The molecule has 3 heterocycles. The number of hydrogen-bond acceptors (Lipinski definition) is 6. The van der Waals surface area contributed by atoms with Crippen molar-refractivity contribution in [2.45, 2.75) is 24.7 Å². The number of Topliss-reactive ketones (excluding diaryl/α,β-unsaturated/α-hetero) is 1. The van der Waals surface area contributed by atoms with E-state index in [-0.39, 0.29) is 17.3 Å². The molecule has 0 fully saturated rings. The van der Waals surface area contributed by atoms with Crippen molar-refractivity contribution in [1.29, 1.82) is 0 Å². The van der Waals surface area contributed by atoms with Crippen molar-refractivity contribution < 1.29 is 14.3 Å². The number of aromatic amines is 1.